The van der Waals surface area contributed by atoms with Crippen LogP contribution in [0.2, 0.25) is 0 Å². The van der Waals surface area contributed by atoms with Gasteiger partial charge in [0.25, 0.3) is 0 Å². The second-order valence-electron chi connectivity index (χ2n) is 13.0. The summed E-state index contributed by atoms with van der Waals surface area (Å²) in [6.07, 6.45) is 2.28. The van der Waals surface area contributed by atoms with Gasteiger partial charge in [0.2, 0.25) is 17.7 Å². The Morgan fingerprint density at radius 2 is 0.639 bits per heavy atom. The first-order chi connectivity index (χ1) is 16.6. The summed E-state index contributed by atoms with van der Waals surface area (Å²) in [5.41, 5.74) is 0. The van der Waals surface area contributed by atoms with Crippen molar-refractivity contribution in [2.75, 3.05) is 19.6 Å². The van der Waals surface area contributed by atoms with Crippen molar-refractivity contribution >= 4 is 17.7 Å². The maximum Gasteiger partial charge on any atom is 0.223 e. The van der Waals surface area contributed by atoms with Crippen LogP contribution in [-0.2, 0) is 14.4 Å². The first kappa shape index (κ1) is 32.4. The average Bonchev–Trinajstić information content (AvgIpc) is 3.45. The van der Waals surface area contributed by atoms with Crippen LogP contribution in [0.3, 0.4) is 0 Å². The highest BCUT2D eigenvalue weighted by Gasteiger charge is 2.34. The third kappa shape index (κ3) is 9.37. The number of likely N-dealkylation sites (tertiary alicyclic amines) is 3. The number of carbonyl (C=O) groups excluding carboxylic acids is 3. The Hall–Kier alpha value is -1.59. The molecular weight excluding hydrogens is 450 g/mol. The zero-order chi connectivity index (χ0) is 27.9. The predicted molar refractivity (Wildman–Crippen MR) is 149 cm³/mol. The van der Waals surface area contributed by atoms with Crippen LogP contribution in [0.25, 0.3) is 0 Å². The van der Waals surface area contributed by atoms with Crippen molar-refractivity contribution in [2.45, 2.75) is 120 Å². The Balaban J connectivity index is 0.000000270. The van der Waals surface area contributed by atoms with E-state index in [2.05, 4.69) is 83.1 Å². The highest BCUT2D eigenvalue weighted by molar-refractivity contribution is 5.79. The number of nitrogens with zero attached hydrogens (tertiary/aromatic N) is 3. The molecule has 0 aromatic carbocycles. The van der Waals surface area contributed by atoms with Crippen LogP contribution >= 0.6 is 0 Å². The van der Waals surface area contributed by atoms with Crippen molar-refractivity contribution in [1.82, 2.24) is 14.7 Å². The van der Waals surface area contributed by atoms with Crippen molar-refractivity contribution in [1.29, 1.82) is 0 Å². The van der Waals surface area contributed by atoms with Gasteiger partial charge in [-0.1, -0.05) is 41.5 Å². The molecule has 3 amide bonds. The number of hydrogen-bond donors (Lipinski definition) is 0. The zero-order valence-corrected chi connectivity index (χ0v) is 25.5. The lowest BCUT2D eigenvalue weighted by Gasteiger charge is -2.21. The van der Waals surface area contributed by atoms with Crippen LogP contribution in [0.4, 0.5) is 0 Å². The second kappa shape index (κ2) is 14.4. The van der Waals surface area contributed by atoms with Crippen LogP contribution in [0.1, 0.15) is 102 Å². The van der Waals surface area contributed by atoms with E-state index in [1.54, 1.807) is 0 Å². The lowest BCUT2D eigenvalue weighted by molar-refractivity contribution is -0.129. The average molecular weight is 508 g/mol. The fraction of sp³-hybridized carbons (Fsp3) is 0.900. The summed E-state index contributed by atoms with van der Waals surface area (Å²) in [7, 11) is 0. The largest absolute Gasteiger partial charge is 0.340 e. The van der Waals surface area contributed by atoms with Crippen molar-refractivity contribution in [3.63, 3.8) is 0 Å². The van der Waals surface area contributed by atoms with E-state index in [9.17, 15) is 14.4 Å². The summed E-state index contributed by atoms with van der Waals surface area (Å²) in [6, 6.07) is 1.13. The lowest BCUT2D eigenvalue weighted by atomic mass is 9.95. The SMILES string of the molecule is CC(C)C1CC(=O)N(C(C)C)C1.CC(C)[C@@H]1CC(=O)N(C(C)C)C1.CC(C)[C@H]1CC(=O)N(C(C)C)C1. The van der Waals surface area contributed by atoms with Crippen molar-refractivity contribution in [3.05, 3.63) is 0 Å². The normalized spacial score (nSPS) is 24.7. The molecule has 0 N–H and O–H groups in total. The standard InChI is InChI=1S/3C10H19NO/c3*1-7(2)9-5-10(12)11(6-9)8(3)4/h3*7-9H,5-6H2,1-4H3/t2*9-;/m10./s1. The van der Waals surface area contributed by atoms with E-state index in [0.717, 1.165) is 38.9 Å². The molecule has 0 aromatic rings. The first-order valence-corrected chi connectivity index (χ1v) is 14.4. The quantitative estimate of drug-likeness (QED) is 0.463. The van der Waals surface area contributed by atoms with E-state index in [-0.39, 0.29) is 0 Å². The lowest BCUT2D eigenvalue weighted by Crippen LogP contribution is -2.32. The van der Waals surface area contributed by atoms with Crippen LogP contribution < -0.4 is 0 Å². The molecule has 3 fully saturated rings. The van der Waals surface area contributed by atoms with Gasteiger partial charge >= 0.3 is 0 Å². The van der Waals surface area contributed by atoms with Gasteiger partial charge in [-0.15, -0.1) is 0 Å². The molecule has 3 atom stereocenters. The van der Waals surface area contributed by atoms with Gasteiger partial charge < -0.3 is 14.7 Å². The second-order valence-corrected chi connectivity index (χ2v) is 13.0. The maximum atomic E-state index is 11.5. The third-order valence-corrected chi connectivity index (χ3v) is 8.26. The Bertz CT molecular complexity index is 619. The number of amides is 3. The molecule has 3 rings (SSSR count). The summed E-state index contributed by atoms with van der Waals surface area (Å²) in [4.78, 5) is 40.3. The van der Waals surface area contributed by atoms with Gasteiger partial charge in [-0.25, -0.2) is 0 Å². The Labute approximate surface area is 222 Å². The predicted octanol–water partition coefficient (Wildman–Crippen LogP) is 5.70. The molecule has 210 valence electrons. The summed E-state index contributed by atoms with van der Waals surface area (Å²) in [5, 5.41) is 0. The maximum absolute atomic E-state index is 11.5. The Morgan fingerprint density at radius 1 is 0.444 bits per heavy atom. The molecule has 0 bridgehead atoms. The van der Waals surface area contributed by atoms with E-state index in [1.807, 2.05) is 14.7 Å². The molecule has 0 radical (unpaired) electrons. The van der Waals surface area contributed by atoms with E-state index in [1.165, 1.54) is 0 Å². The topological polar surface area (TPSA) is 60.9 Å². The van der Waals surface area contributed by atoms with Gasteiger partial charge in [0, 0.05) is 57.0 Å². The van der Waals surface area contributed by atoms with Crippen LogP contribution in [0.15, 0.2) is 0 Å². The molecule has 3 saturated heterocycles. The number of carbonyl (C=O) groups is 3. The molecule has 0 saturated carbocycles. The molecule has 6 nitrogen and oxygen atoms in total. The first-order valence-electron chi connectivity index (χ1n) is 14.4. The summed E-state index contributed by atoms with van der Waals surface area (Å²) in [5.74, 6) is 4.67. The molecule has 6 heteroatoms. The smallest absolute Gasteiger partial charge is 0.223 e. The molecule has 1 unspecified atom stereocenters. The number of hydrogen-bond acceptors (Lipinski definition) is 3. The van der Waals surface area contributed by atoms with Gasteiger partial charge in [0.05, 0.1) is 0 Å². The molecule has 0 aromatic heterocycles. The molecule has 0 spiro atoms. The van der Waals surface area contributed by atoms with E-state index in [0.29, 0.717) is 71.4 Å². The van der Waals surface area contributed by atoms with E-state index in [4.69, 9.17) is 0 Å². The van der Waals surface area contributed by atoms with Gasteiger partial charge in [-0.2, -0.15) is 0 Å². The summed E-state index contributed by atoms with van der Waals surface area (Å²) < 4.78 is 0. The van der Waals surface area contributed by atoms with E-state index < -0.39 is 0 Å². The Kier molecular flexibility index (Phi) is 13.0. The highest BCUT2D eigenvalue weighted by Crippen LogP contribution is 2.27. The number of rotatable bonds is 6. The van der Waals surface area contributed by atoms with E-state index >= 15 is 0 Å². The minimum Gasteiger partial charge on any atom is -0.340 e. The molecular formula is C30H57N3O3. The van der Waals surface area contributed by atoms with Crippen molar-refractivity contribution in [2.24, 2.45) is 35.5 Å². The molecule has 3 aliphatic heterocycles. The third-order valence-electron chi connectivity index (χ3n) is 8.26. The molecule has 3 aliphatic rings. The highest BCUT2D eigenvalue weighted by atomic mass is 16.2. The van der Waals surface area contributed by atoms with Crippen molar-refractivity contribution < 1.29 is 14.4 Å². The summed E-state index contributed by atoms with van der Waals surface area (Å²) in [6.45, 7) is 28.6. The van der Waals surface area contributed by atoms with Crippen LogP contribution in [0.5, 0.6) is 0 Å². The molecule has 36 heavy (non-hydrogen) atoms. The van der Waals surface area contributed by atoms with Crippen LogP contribution in [-0.4, -0.2) is 70.2 Å². The van der Waals surface area contributed by atoms with Crippen LogP contribution in [0, 0.1) is 35.5 Å². The summed E-state index contributed by atoms with van der Waals surface area (Å²) >= 11 is 0. The molecule has 3 heterocycles. The Morgan fingerprint density at radius 3 is 0.722 bits per heavy atom. The fourth-order valence-corrected chi connectivity index (χ4v) is 5.12. The van der Waals surface area contributed by atoms with Gasteiger partial charge in [-0.05, 0) is 77.0 Å². The van der Waals surface area contributed by atoms with Gasteiger partial charge in [0.15, 0.2) is 0 Å². The van der Waals surface area contributed by atoms with Gasteiger partial charge in [-0.3, -0.25) is 14.4 Å². The monoisotopic (exact) mass is 507 g/mol. The minimum absolute atomic E-state index is 0.337. The fourth-order valence-electron chi connectivity index (χ4n) is 5.12. The zero-order valence-electron chi connectivity index (χ0n) is 25.5. The van der Waals surface area contributed by atoms with Gasteiger partial charge in [0.1, 0.15) is 0 Å². The molecule has 0 aliphatic carbocycles. The minimum atomic E-state index is 0.337. The van der Waals surface area contributed by atoms with Crippen molar-refractivity contribution in [3.8, 4) is 0 Å².